The molecule has 1 heterocycles. The van der Waals surface area contributed by atoms with Crippen molar-refractivity contribution in [3.05, 3.63) is 71.2 Å². The SMILES string of the molecule is CCOC1=CN(C(=C=N)C#N)C=C/C1=C\S(=O)(=O)c1ccccc1. The minimum absolute atomic E-state index is 0.0339. The zero-order valence-electron chi connectivity index (χ0n) is 12.9. The van der Waals surface area contributed by atoms with Crippen LogP contribution in [0.25, 0.3) is 0 Å². The number of benzene rings is 1. The minimum atomic E-state index is -3.64. The molecule has 0 aliphatic carbocycles. The van der Waals surface area contributed by atoms with Crippen LogP contribution in [0.15, 0.2) is 76.1 Å². The van der Waals surface area contributed by atoms with Crippen molar-refractivity contribution in [2.75, 3.05) is 6.61 Å². The Balaban J connectivity index is 2.44. The van der Waals surface area contributed by atoms with E-state index >= 15 is 0 Å². The number of sulfone groups is 1. The molecule has 1 aliphatic rings. The summed E-state index contributed by atoms with van der Waals surface area (Å²) in [4.78, 5) is 1.53. The summed E-state index contributed by atoms with van der Waals surface area (Å²) in [6.45, 7) is 2.09. The standard InChI is InChI=1S/C17H15N3O3S/c1-2-23-17-12-20(15(10-18)11-19)9-8-14(17)13-24(21,22)16-6-4-3-5-7-16/h3-9,12-13,18H,2H2,1H3/b14-13+. The molecular formula is C17H15N3O3S. The molecule has 1 aromatic rings. The molecule has 1 aromatic carbocycles. The fourth-order valence-electron chi connectivity index (χ4n) is 1.99. The van der Waals surface area contributed by atoms with Crippen molar-refractivity contribution >= 4 is 15.7 Å². The first-order valence-corrected chi connectivity index (χ1v) is 8.59. The molecule has 24 heavy (non-hydrogen) atoms. The number of nitriles is 1. The van der Waals surface area contributed by atoms with E-state index in [1.165, 1.54) is 35.5 Å². The molecule has 0 atom stereocenters. The van der Waals surface area contributed by atoms with E-state index in [1.807, 2.05) is 11.9 Å². The molecule has 1 N–H and O–H groups in total. The van der Waals surface area contributed by atoms with Crippen LogP contribution in [0.3, 0.4) is 0 Å². The van der Waals surface area contributed by atoms with Crippen LogP contribution in [0, 0.1) is 16.7 Å². The third-order valence-electron chi connectivity index (χ3n) is 3.09. The van der Waals surface area contributed by atoms with Gasteiger partial charge in [-0.15, -0.1) is 0 Å². The summed E-state index contributed by atoms with van der Waals surface area (Å²) in [5.74, 6) is 2.31. The number of allylic oxidation sites excluding steroid dienone is 2. The molecule has 0 saturated heterocycles. The summed E-state index contributed by atoms with van der Waals surface area (Å²) in [7, 11) is -3.64. The molecule has 2 rings (SSSR count). The van der Waals surface area contributed by atoms with Crippen LogP contribution >= 0.6 is 0 Å². The van der Waals surface area contributed by atoms with Crippen molar-refractivity contribution in [3.8, 4) is 6.07 Å². The predicted octanol–water partition coefficient (Wildman–Crippen LogP) is 2.71. The summed E-state index contributed by atoms with van der Waals surface area (Å²) in [5.41, 5.74) is 0.327. The van der Waals surface area contributed by atoms with Crippen LogP contribution in [0.1, 0.15) is 6.92 Å². The summed E-state index contributed by atoms with van der Waals surface area (Å²) >= 11 is 0. The second-order valence-corrected chi connectivity index (χ2v) is 6.46. The fraction of sp³-hybridized carbons (Fsp3) is 0.118. The second-order valence-electron chi connectivity index (χ2n) is 4.67. The maximum atomic E-state index is 12.5. The first-order chi connectivity index (χ1) is 11.5. The van der Waals surface area contributed by atoms with E-state index in [4.69, 9.17) is 15.4 Å². The quantitative estimate of drug-likeness (QED) is 0.656. The Kier molecular flexibility index (Phi) is 5.38. The van der Waals surface area contributed by atoms with Gasteiger partial charge < -0.3 is 9.64 Å². The Morgan fingerprint density at radius 2 is 2.08 bits per heavy atom. The molecule has 0 unspecified atom stereocenters. The number of nitrogens with zero attached hydrogens (tertiary/aromatic N) is 2. The highest BCUT2D eigenvalue weighted by Crippen LogP contribution is 2.24. The van der Waals surface area contributed by atoms with Gasteiger partial charge in [0.1, 0.15) is 11.8 Å². The number of nitrogens with one attached hydrogen (secondary N) is 1. The van der Waals surface area contributed by atoms with Gasteiger partial charge in [0.2, 0.25) is 9.84 Å². The molecule has 0 fully saturated rings. The molecule has 0 amide bonds. The van der Waals surface area contributed by atoms with Gasteiger partial charge in [0, 0.05) is 23.1 Å². The predicted molar refractivity (Wildman–Crippen MR) is 89.3 cm³/mol. The maximum absolute atomic E-state index is 12.5. The summed E-state index contributed by atoms with van der Waals surface area (Å²) < 4.78 is 30.4. The molecule has 122 valence electrons. The summed E-state index contributed by atoms with van der Waals surface area (Å²) in [5, 5.41) is 17.2. The molecule has 0 radical (unpaired) electrons. The Hall–Kier alpha value is -3.07. The molecule has 0 spiro atoms. The zero-order valence-corrected chi connectivity index (χ0v) is 13.7. The molecule has 6 nitrogen and oxygen atoms in total. The smallest absolute Gasteiger partial charge is 0.200 e. The third-order valence-corrected chi connectivity index (χ3v) is 4.59. The van der Waals surface area contributed by atoms with Gasteiger partial charge in [-0.2, -0.15) is 5.26 Å². The Labute approximate surface area is 140 Å². The molecule has 0 saturated carbocycles. The number of hydrogen-bond acceptors (Lipinski definition) is 6. The highest BCUT2D eigenvalue weighted by Gasteiger charge is 2.18. The van der Waals surface area contributed by atoms with E-state index in [1.54, 1.807) is 25.1 Å². The van der Waals surface area contributed by atoms with Gasteiger partial charge >= 0.3 is 0 Å². The monoisotopic (exact) mass is 341 g/mol. The summed E-state index contributed by atoms with van der Waals surface area (Å²) in [6.07, 6.45) is 4.45. The van der Waals surface area contributed by atoms with Gasteiger partial charge in [-0.3, -0.25) is 5.41 Å². The van der Waals surface area contributed by atoms with E-state index in [9.17, 15) is 8.42 Å². The largest absolute Gasteiger partial charge is 0.492 e. The molecule has 0 aromatic heterocycles. The van der Waals surface area contributed by atoms with Crippen molar-refractivity contribution < 1.29 is 13.2 Å². The van der Waals surface area contributed by atoms with Crippen LogP contribution < -0.4 is 0 Å². The number of rotatable bonds is 5. The lowest BCUT2D eigenvalue weighted by Gasteiger charge is -2.20. The van der Waals surface area contributed by atoms with Gasteiger partial charge in [-0.25, -0.2) is 8.42 Å². The van der Waals surface area contributed by atoms with E-state index in [-0.39, 0.29) is 10.6 Å². The molecular weight excluding hydrogens is 326 g/mol. The van der Waals surface area contributed by atoms with Gasteiger partial charge in [0.05, 0.1) is 17.7 Å². The maximum Gasteiger partial charge on any atom is 0.200 e. The lowest BCUT2D eigenvalue weighted by molar-refractivity contribution is 0.232. The van der Waals surface area contributed by atoms with Gasteiger partial charge in [0.25, 0.3) is 0 Å². The van der Waals surface area contributed by atoms with Crippen LogP contribution in [-0.4, -0.2) is 25.8 Å². The highest BCUT2D eigenvalue weighted by molar-refractivity contribution is 7.94. The third kappa shape index (κ3) is 3.82. The van der Waals surface area contributed by atoms with Gasteiger partial charge in [-0.05, 0) is 25.1 Å². The molecule has 0 bridgehead atoms. The first-order valence-electron chi connectivity index (χ1n) is 7.05. The summed E-state index contributed by atoms with van der Waals surface area (Å²) in [6, 6.07) is 9.90. The Morgan fingerprint density at radius 1 is 1.38 bits per heavy atom. The lowest BCUT2D eigenvalue weighted by atomic mass is 10.2. The Bertz CT molecular complexity index is 900. The normalized spacial score (nSPS) is 15.4. The van der Waals surface area contributed by atoms with E-state index in [0.717, 1.165) is 5.41 Å². The molecule has 1 aliphatic heterocycles. The van der Waals surface area contributed by atoms with E-state index in [2.05, 4.69) is 0 Å². The number of ether oxygens (including phenoxy) is 1. The van der Waals surface area contributed by atoms with E-state index in [0.29, 0.717) is 17.9 Å². The average Bonchev–Trinajstić information content (AvgIpc) is 2.59. The second kappa shape index (κ2) is 7.47. The molecule has 7 heteroatoms. The van der Waals surface area contributed by atoms with Crippen LogP contribution in [0.2, 0.25) is 0 Å². The fourth-order valence-corrected chi connectivity index (χ4v) is 3.20. The topological polar surface area (TPSA) is 94.2 Å². The van der Waals surface area contributed by atoms with Crippen LogP contribution in [0.4, 0.5) is 0 Å². The minimum Gasteiger partial charge on any atom is -0.492 e. The van der Waals surface area contributed by atoms with Crippen molar-refractivity contribution in [2.24, 2.45) is 0 Å². The van der Waals surface area contributed by atoms with Crippen LogP contribution in [-0.2, 0) is 14.6 Å². The van der Waals surface area contributed by atoms with Crippen molar-refractivity contribution in [3.63, 3.8) is 0 Å². The van der Waals surface area contributed by atoms with Crippen LogP contribution in [0.5, 0.6) is 0 Å². The average molecular weight is 341 g/mol. The first kappa shape index (κ1) is 17.3. The van der Waals surface area contributed by atoms with Crippen molar-refractivity contribution in [2.45, 2.75) is 11.8 Å². The van der Waals surface area contributed by atoms with Gasteiger partial charge in [0.15, 0.2) is 5.70 Å². The van der Waals surface area contributed by atoms with Gasteiger partial charge in [-0.1, -0.05) is 18.2 Å². The Morgan fingerprint density at radius 3 is 2.67 bits per heavy atom. The number of hydrogen-bond donors (Lipinski definition) is 1. The van der Waals surface area contributed by atoms with E-state index < -0.39 is 9.84 Å². The van der Waals surface area contributed by atoms with Crippen molar-refractivity contribution in [1.29, 1.82) is 10.7 Å². The highest BCUT2D eigenvalue weighted by atomic mass is 32.2. The lowest BCUT2D eigenvalue weighted by Crippen LogP contribution is -2.15. The zero-order chi connectivity index (χ0) is 17.6. The van der Waals surface area contributed by atoms with Crippen molar-refractivity contribution in [1.82, 2.24) is 4.90 Å².